The van der Waals surface area contributed by atoms with Gasteiger partial charge in [0.25, 0.3) is 5.56 Å². The second-order valence-corrected chi connectivity index (χ2v) is 14.3. The van der Waals surface area contributed by atoms with Gasteiger partial charge in [0.2, 0.25) is 10.0 Å². The molecule has 0 unspecified atom stereocenters. The molecule has 6 aromatic rings. The number of rotatable bonds is 8. The smallest absolute Gasteiger partial charge is 0.265 e. The third kappa shape index (κ3) is 4.91. The van der Waals surface area contributed by atoms with E-state index in [1.54, 1.807) is 23.6 Å². The molecule has 0 radical (unpaired) electrons. The zero-order valence-corrected chi connectivity index (χ0v) is 26.9. The summed E-state index contributed by atoms with van der Waals surface area (Å²) in [5, 5.41) is 7.76. The highest BCUT2D eigenvalue weighted by atomic mass is 35.5. The molecule has 4 aromatic heterocycles. The highest BCUT2D eigenvalue weighted by Crippen LogP contribution is 2.48. The Labute approximate surface area is 267 Å². The number of halogens is 1. The maximum absolute atomic E-state index is 14.1. The van der Waals surface area contributed by atoms with E-state index in [0.29, 0.717) is 44.4 Å². The minimum absolute atomic E-state index is 0.180. The molecule has 4 heterocycles. The molecule has 1 aliphatic rings. The van der Waals surface area contributed by atoms with E-state index >= 15 is 0 Å². The van der Waals surface area contributed by atoms with Gasteiger partial charge in [-0.05, 0) is 54.2 Å². The molecule has 14 heteroatoms. The molecule has 7 rings (SSSR count). The first kappa shape index (κ1) is 29.3. The minimum Gasteiger partial charge on any atom is -0.495 e. The summed E-state index contributed by atoms with van der Waals surface area (Å²) in [4.78, 5) is 23.8. The van der Waals surface area contributed by atoms with Gasteiger partial charge in [-0.2, -0.15) is 5.10 Å². The summed E-state index contributed by atoms with van der Waals surface area (Å²) in [5.41, 5.74) is 10.3. The van der Waals surface area contributed by atoms with Crippen molar-refractivity contribution in [3.63, 3.8) is 0 Å². The fourth-order valence-corrected chi connectivity index (χ4v) is 7.49. The maximum atomic E-state index is 14.1. The summed E-state index contributed by atoms with van der Waals surface area (Å²) in [6.07, 6.45) is 4.40. The molecule has 0 spiro atoms. The number of hydrogen-bond donors (Lipinski definition) is 1. The summed E-state index contributed by atoms with van der Waals surface area (Å²) in [5.74, 6) is 0.791. The van der Waals surface area contributed by atoms with Crippen LogP contribution in [0.15, 0.2) is 71.1 Å². The fraction of sp³-hybridized carbons (Fsp3) is 0.226. The highest BCUT2D eigenvalue weighted by molar-refractivity contribution is 7.92. The number of ether oxygens (including phenoxy) is 1. The van der Waals surface area contributed by atoms with Crippen LogP contribution in [0.4, 0.5) is 11.5 Å². The van der Waals surface area contributed by atoms with Gasteiger partial charge in [0.1, 0.15) is 33.6 Å². The molecule has 230 valence electrons. The topological polar surface area (TPSA) is 138 Å². The molecule has 11 nitrogen and oxygen atoms in total. The predicted octanol–water partition coefficient (Wildman–Crippen LogP) is 5.47. The van der Waals surface area contributed by atoms with Crippen LogP contribution in [0.25, 0.3) is 38.2 Å². The Morgan fingerprint density at radius 1 is 1.11 bits per heavy atom. The zero-order chi connectivity index (χ0) is 31.6. The normalized spacial score (nSPS) is 14.2. The van der Waals surface area contributed by atoms with Crippen LogP contribution < -0.4 is 20.3 Å². The lowest BCUT2D eigenvalue weighted by molar-refractivity contribution is 0.416. The van der Waals surface area contributed by atoms with Gasteiger partial charge in [-0.3, -0.25) is 13.5 Å². The van der Waals surface area contributed by atoms with Crippen molar-refractivity contribution in [2.24, 2.45) is 5.92 Å². The van der Waals surface area contributed by atoms with E-state index in [1.807, 2.05) is 41.1 Å². The van der Waals surface area contributed by atoms with Gasteiger partial charge < -0.3 is 10.5 Å². The van der Waals surface area contributed by atoms with E-state index < -0.39 is 10.0 Å². The quantitative estimate of drug-likeness (QED) is 0.227. The lowest BCUT2D eigenvalue weighted by atomic mass is 9.94. The molecular formula is C31H28ClN7O4S2. The van der Waals surface area contributed by atoms with Crippen molar-refractivity contribution < 1.29 is 13.2 Å². The average Bonchev–Trinajstić information content (AvgIpc) is 3.68. The van der Waals surface area contributed by atoms with E-state index in [-0.39, 0.29) is 23.3 Å². The van der Waals surface area contributed by atoms with Crippen LogP contribution in [0.5, 0.6) is 5.75 Å². The number of nitrogens with two attached hydrogens (primary N) is 1. The Hall–Kier alpha value is -4.46. The van der Waals surface area contributed by atoms with E-state index in [9.17, 15) is 13.2 Å². The number of hydrogen-bond acceptors (Lipinski definition) is 9. The number of fused-ring (bicyclic) bond motifs is 2. The van der Waals surface area contributed by atoms with Gasteiger partial charge in [-0.25, -0.2) is 23.1 Å². The second kappa shape index (κ2) is 10.9. The minimum atomic E-state index is -3.60. The molecule has 2 N–H and O–H groups in total. The van der Waals surface area contributed by atoms with Crippen LogP contribution in [0.3, 0.4) is 0 Å². The monoisotopic (exact) mass is 661 g/mol. The molecule has 45 heavy (non-hydrogen) atoms. The SMILES string of the molecule is COc1ccc(-c2nn([C@H](c3cc4scc(Cl)n4c(=O)c3-c3ccccc3)C3CC3)c3ncnc(N)c23)cc1N(C)S(C)(=O)=O. The Bertz CT molecular complexity index is 2280. The van der Waals surface area contributed by atoms with Crippen molar-refractivity contribution in [2.45, 2.75) is 18.9 Å². The third-order valence-corrected chi connectivity index (χ3v) is 10.7. The van der Waals surface area contributed by atoms with Gasteiger partial charge in [0, 0.05) is 18.0 Å². The summed E-state index contributed by atoms with van der Waals surface area (Å²) >= 11 is 7.89. The number of sulfonamides is 1. The van der Waals surface area contributed by atoms with Crippen molar-refractivity contribution in [3.05, 3.63) is 87.4 Å². The molecule has 1 fully saturated rings. The number of anilines is 2. The standard InChI is InChI=1S/C31H28ClN7O4S2/c1-37(45(3,41)42)21-13-19(11-12-22(21)43-2)27-26-29(33)34-16-35-30(26)39(36-27)28(18-9-10-18)20-14-24-38(23(32)15-44-24)31(40)25(20)17-7-5-4-6-8-17/h4-8,11-16,18,28H,9-10H2,1-3H3,(H2,33,34,35)/t28-/m0/s1. The van der Waals surface area contributed by atoms with Gasteiger partial charge >= 0.3 is 0 Å². The summed E-state index contributed by atoms with van der Waals surface area (Å²) < 4.78 is 35.0. The number of nitrogen functional groups attached to an aromatic ring is 1. The van der Waals surface area contributed by atoms with E-state index in [4.69, 9.17) is 27.2 Å². The number of methoxy groups -OCH3 is 1. The van der Waals surface area contributed by atoms with Crippen molar-refractivity contribution in [1.29, 1.82) is 0 Å². The largest absolute Gasteiger partial charge is 0.495 e. The van der Waals surface area contributed by atoms with Crippen molar-refractivity contribution in [2.75, 3.05) is 30.5 Å². The molecule has 0 amide bonds. The lowest BCUT2D eigenvalue weighted by Crippen LogP contribution is -2.25. The van der Waals surface area contributed by atoms with Gasteiger partial charge in [-0.1, -0.05) is 41.9 Å². The first-order valence-corrected chi connectivity index (χ1v) is 17.2. The van der Waals surface area contributed by atoms with Gasteiger partial charge in [0.15, 0.2) is 5.65 Å². The first-order valence-electron chi connectivity index (χ1n) is 14.1. The Balaban J connectivity index is 1.51. The Kier molecular flexibility index (Phi) is 7.06. The summed E-state index contributed by atoms with van der Waals surface area (Å²) in [7, 11) is -0.654. The summed E-state index contributed by atoms with van der Waals surface area (Å²) in [6.45, 7) is 0. The zero-order valence-electron chi connectivity index (χ0n) is 24.5. The van der Waals surface area contributed by atoms with E-state index in [1.165, 1.54) is 36.2 Å². The van der Waals surface area contributed by atoms with Crippen LogP contribution in [0.1, 0.15) is 24.4 Å². The molecule has 1 saturated carbocycles. The Morgan fingerprint density at radius 2 is 1.87 bits per heavy atom. The maximum Gasteiger partial charge on any atom is 0.265 e. The van der Waals surface area contributed by atoms with Crippen LogP contribution in [0, 0.1) is 5.92 Å². The summed E-state index contributed by atoms with van der Waals surface area (Å²) in [6, 6.07) is 16.4. The molecule has 1 atom stereocenters. The number of pyridine rings is 1. The van der Waals surface area contributed by atoms with Crippen LogP contribution in [-0.2, 0) is 10.0 Å². The number of benzene rings is 2. The van der Waals surface area contributed by atoms with Crippen LogP contribution >= 0.6 is 22.9 Å². The lowest BCUT2D eigenvalue weighted by Gasteiger charge is -2.22. The fourth-order valence-electron chi connectivity index (χ4n) is 5.83. The van der Waals surface area contributed by atoms with Gasteiger partial charge in [0.05, 0.1) is 36.0 Å². The molecule has 2 aromatic carbocycles. The molecule has 0 bridgehead atoms. The first-order chi connectivity index (χ1) is 21.6. The molecular weight excluding hydrogens is 634 g/mol. The van der Waals surface area contributed by atoms with Crippen molar-refractivity contribution in [3.8, 4) is 28.1 Å². The molecule has 1 aliphatic carbocycles. The van der Waals surface area contributed by atoms with Crippen molar-refractivity contribution >= 4 is 60.3 Å². The Morgan fingerprint density at radius 3 is 2.56 bits per heavy atom. The van der Waals surface area contributed by atoms with Crippen molar-refractivity contribution in [1.82, 2.24) is 24.1 Å². The molecule has 0 aliphatic heterocycles. The third-order valence-electron chi connectivity index (χ3n) is 8.22. The number of nitrogens with zero attached hydrogens (tertiary/aromatic N) is 6. The number of aromatic nitrogens is 5. The number of thiazole rings is 1. The van der Waals surface area contributed by atoms with E-state index in [2.05, 4.69) is 9.97 Å². The predicted molar refractivity (Wildman–Crippen MR) is 178 cm³/mol. The van der Waals surface area contributed by atoms with Crippen LogP contribution in [-0.4, -0.2) is 53.0 Å². The second-order valence-electron chi connectivity index (χ2n) is 11.0. The highest BCUT2D eigenvalue weighted by Gasteiger charge is 2.39. The van der Waals surface area contributed by atoms with Crippen LogP contribution in [0.2, 0.25) is 5.15 Å². The van der Waals surface area contributed by atoms with Gasteiger partial charge in [-0.15, -0.1) is 11.3 Å². The average molecular weight is 662 g/mol. The van der Waals surface area contributed by atoms with E-state index in [0.717, 1.165) is 39.4 Å². The molecule has 0 saturated heterocycles.